The van der Waals surface area contributed by atoms with Crippen molar-refractivity contribution in [1.29, 1.82) is 5.26 Å². The predicted molar refractivity (Wildman–Crippen MR) is 98.0 cm³/mol. The molecule has 8 heteroatoms. The first kappa shape index (κ1) is 20.6. The maximum absolute atomic E-state index is 13.6. The number of rotatable bonds is 3. The van der Waals surface area contributed by atoms with Gasteiger partial charge in [0.2, 0.25) is 9.84 Å². The van der Waals surface area contributed by atoms with E-state index in [4.69, 9.17) is 5.26 Å². The molecular weight excluding hydrogens is 403 g/mol. The molecule has 0 N–H and O–H groups in total. The number of benzene rings is 2. The number of nitrogens with zero attached hydrogens (tertiary/aromatic N) is 1. The van der Waals surface area contributed by atoms with Crippen LogP contribution >= 0.6 is 0 Å². The summed E-state index contributed by atoms with van der Waals surface area (Å²) in [6.07, 6.45) is -1.70. The molecule has 0 saturated carbocycles. The second-order valence-corrected chi connectivity index (χ2v) is 8.30. The van der Waals surface area contributed by atoms with Crippen LogP contribution in [0.15, 0.2) is 70.0 Å². The van der Waals surface area contributed by atoms with E-state index in [1.807, 2.05) is 0 Å². The van der Waals surface area contributed by atoms with Crippen LogP contribution in [0.2, 0.25) is 0 Å². The maximum Gasteiger partial charge on any atom is 0.402 e. The second kappa shape index (κ2) is 7.33. The van der Waals surface area contributed by atoms with Crippen LogP contribution in [0.4, 0.5) is 13.2 Å². The lowest BCUT2D eigenvalue weighted by Crippen LogP contribution is -2.33. The fraction of sp³-hybridized carbons (Fsp3) is 0.143. The Kier molecular flexibility index (Phi) is 5.20. The summed E-state index contributed by atoms with van der Waals surface area (Å²) in [5, 5.41) is 9.16. The zero-order chi connectivity index (χ0) is 21.4. The number of hydrogen-bond donors (Lipinski definition) is 0. The van der Waals surface area contributed by atoms with E-state index in [2.05, 4.69) is 6.08 Å². The van der Waals surface area contributed by atoms with Gasteiger partial charge in [-0.15, -0.1) is 0 Å². The normalized spacial score (nSPS) is 17.3. The number of nitriles is 1. The van der Waals surface area contributed by atoms with Crippen molar-refractivity contribution < 1.29 is 26.4 Å². The van der Waals surface area contributed by atoms with Gasteiger partial charge in [-0.25, -0.2) is 8.42 Å². The molecule has 0 bridgehead atoms. The second-order valence-electron chi connectivity index (χ2n) is 6.39. The SMILES string of the molecule is CC1=[C]C(=O)C(C(F)(F)F)C(c2ccc(C#N)cc2S(=O)(=O)c2ccccc2)=C1. The fourth-order valence-corrected chi connectivity index (χ4v) is 4.62. The Morgan fingerprint density at radius 2 is 1.76 bits per heavy atom. The third kappa shape index (κ3) is 3.87. The van der Waals surface area contributed by atoms with Crippen molar-refractivity contribution in [2.24, 2.45) is 5.92 Å². The number of sulfone groups is 1. The first-order valence-corrected chi connectivity index (χ1v) is 9.81. The van der Waals surface area contributed by atoms with Gasteiger partial charge < -0.3 is 0 Å². The van der Waals surface area contributed by atoms with E-state index in [0.29, 0.717) is 0 Å². The molecule has 1 atom stereocenters. The summed E-state index contributed by atoms with van der Waals surface area (Å²) in [7, 11) is -4.26. The van der Waals surface area contributed by atoms with Gasteiger partial charge in [-0.3, -0.25) is 4.79 Å². The van der Waals surface area contributed by atoms with Crippen LogP contribution in [0.1, 0.15) is 18.1 Å². The van der Waals surface area contributed by atoms with E-state index >= 15 is 0 Å². The highest BCUT2D eigenvalue weighted by Gasteiger charge is 2.48. The Morgan fingerprint density at radius 1 is 1.10 bits per heavy atom. The Hall–Kier alpha value is -3.18. The van der Waals surface area contributed by atoms with E-state index in [9.17, 15) is 26.4 Å². The monoisotopic (exact) mass is 416 g/mol. The highest BCUT2D eigenvalue weighted by atomic mass is 32.2. The van der Waals surface area contributed by atoms with Gasteiger partial charge in [0.05, 0.1) is 21.4 Å². The van der Waals surface area contributed by atoms with E-state index < -0.39 is 38.2 Å². The van der Waals surface area contributed by atoms with Crippen molar-refractivity contribution in [3.05, 3.63) is 77.4 Å². The molecule has 1 aliphatic rings. The zero-order valence-electron chi connectivity index (χ0n) is 15.0. The van der Waals surface area contributed by atoms with Crippen LogP contribution in [0.25, 0.3) is 5.57 Å². The zero-order valence-corrected chi connectivity index (χ0v) is 15.8. The summed E-state index contributed by atoms with van der Waals surface area (Å²) in [6, 6.07) is 12.3. The van der Waals surface area contributed by atoms with Gasteiger partial charge in [-0.05, 0) is 47.9 Å². The third-order valence-electron chi connectivity index (χ3n) is 4.36. The van der Waals surface area contributed by atoms with E-state index in [1.165, 1.54) is 37.3 Å². The molecule has 1 radical (unpaired) electrons. The molecule has 3 rings (SSSR count). The van der Waals surface area contributed by atoms with Crippen molar-refractivity contribution in [3.63, 3.8) is 0 Å². The number of allylic oxidation sites excluding steroid dienone is 4. The molecule has 2 aromatic carbocycles. The minimum absolute atomic E-state index is 0.0339. The first-order chi connectivity index (χ1) is 13.6. The Bertz CT molecular complexity index is 1190. The number of carbonyl (C=O) groups excluding carboxylic acids is 1. The van der Waals surface area contributed by atoms with E-state index in [1.54, 1.807) is 12.1 Å². The Morgan fingerprint density at radius 3 is 2.34 bits per heavy atom. The minimum Gasteiger partial charge on any atom is -0.293 e. The molecule has 0 aromatic heterocycles. The number of carbonyl (C=O) groups is 1. The molecule has 0 fully saturated rings. The van der Waals surface area contributed by atoms with E-state index in [0.717, 1.165) is 18.2 Å². The van der Waals surface area contributed by atoms with Crippen molar-refractivity contribution in [2.45, 2.75) is 22.9 Å². The Labute approximate surface area is 165 Å². The van der Waals surface area contributed by atoms with Gasteiger partial charge in [-0.2, -0.15) is 18.4 Å². The summed E-state index contributed by atoms with van der Waals surface area (Å²) < 4.78 is 67.2. The molecule has 0 heterocycles. The predicted octanol–water partition coefficient (Wildman–Crippen LogP) is 4.29. The van der Waals surface area contributed by atoms with Gasteiger partial charge in [0, 0.05) is 6.08 Å². The van der Waals surface area contributed by atoms with Gasteiger partial charge in [0.25, 0.3) is 0 Å². The molecule has 2 aromatic rings. The van der Waals surface area contributed by atoms with Gasteiger partial charge in [0.1, 0.15) is 5.92 Å². The van der Waals surface area contributed by atoms with Gasteiger partial charge >= 0.3 is 6.18 Å². The summed E-state index contributed by atoms with van der Waals surface area (Å²) in [6.45, 7) is 1.40. The molecular formula is C21H13F3NO3S. The van der Waals surface area contributed by atoms with Gasteiger partial charge in [0.15, 0.2) is 5.78 Å². The van der Waals surface area contributed by atoms with Crippen LogP contribution in [-0.4, -0.2) is 20.4 Å². The number of hydrogen-bond acceptors (Lipinski definition) is 4. The van der Waals surface area contributed by atoms with Crippen LogP contribution in [-0.2, 0) is 14.6 Å². The third-order valence-corrected chi connectivity index (χ3v) is 6.17. The molecule has 0 saturated heterocycles. The number of ketones is 1. The topological polar surface area (TPSA) is 75.0 Å². The lowest BCUT2D eigenvalue weighted by atomic mass is 9.83. The lowest BCUT2D eigenvalue weighted by Gasteiger charge is -2.25. The molecule has 0 amide bonds. The van der Waals surface area contributed by atoms with Crippen LogP contribution in [0.3, 0.4) is 0 Å². The quantitative estimate of drug-likeness (QED) is 0.748. The van der Waals surface area contributed by atoms with Crippen LogP contribution in [0.5, 0.6) is 0 Å². The largest absolute Gasteiger partial charge is 0.402 e. The Balaban J connectivity index is 2.33. The van der Waals surface area contributed by atoms with Crippen molar-refractivity contribution in [3.8, 4) is 6.07 Å². The number of alkyl halides is 3. The average molecular weight is 416 g/mol. The van der Waals surface area contributed by atoms with Crippen LogP contribution in [0, 0.1) is 23.3 Å². The molecule has 1 aliphatic carbocycles. The summed E-state index contributed by atoms with van der Waals surface area (Å²) >= 11 is 0. The van der Waals surface area contributed by atoms with Gasteiger partial charge in [-0.1, -0.05) is 30.3 Å². The molecule has 147 valence electrons. The molecule has 1 unspecified atom stereocenters. The molecule has 0 aliphatic heterocycles. The maximum atomic E-state index is 13.6. The molecule has 29 heavy (non-hydrogen) atoms. The highest BCUT2D eigenvalue weighted by molar-refractivity contribution is 7.91. The fourth-order valence-electron chi connectivity index (χ4n) is 3.10. The smallest absolute Gasteiger partial charge is 0.293 e. The summed E-state index contributed by atoms with van der Waals surface area (Å²) in [4.78, 5) is 11.5. The standard InChI is InChI=1S/C21H13F3NO3S/c1-13-9-17(20(18(26)10-13)21(22,23)24)16-8-7-14(12-25)11-19(16)29(27,28)15-5-3-2-4-6-15/h2-9,11,20H,1H3. The number of Topliss-reactive ketones (excluding diaryl/α,β-unsaturated/α-hetero) is 1. The highest BCUT2D eigenvalue weighted by Crippen LogP contribution is 2.43. The number of halogens is 3. The molecule has 0 spiro atoms. The average Bonchev–Trinajstić information content (AvgIpc) is 2.66. The lowest BCUT2D eigenvalue weighted by molar-refractivity contribution is -0.166. The van der Waals surface area contributed by atoms with Crippen molar-refractivity contribution in [1.82, 2.24) is 0 Å². The van der Waals surface area contributed by atoms with Crippen molar-refractivity contribution >= 4 is 21.2 Å². The first-order valence-electron chi connectivity index (χ1n) is 8.33. The summed E-state index contributed by atoms with van der Waals surface area (Å²) in [5.74, 6) is -3.83. The minimum atomic E-state index is -4.93. The van der Waals surface area contributed by atoms with E-state index in [-0.39, 0.29) is 21.6 Å². The van der Waals surface area contributed by atoms with Crippen molar-refractivity contribution in [2.75, 3.05) is 0 Å². The summed E-state index contributed by atoms with van der Waals surface area (Å²) in [5.41, 5.74) is -0.645. The molecule has 4 nitrogen and oxygen atoms in total. The van der Waals surface area contributed by atoms with Crippen LogP contribution < -0.4 is 0 Å².